The Hall–Kier alpha value is -3.44. The number of esters is 1. The number of β-amino-alcohol motifs (C(OH)–C–C–N with tert-alkyl or cyclic N) is 1. The van der Waals surface area contributed by atoms with Gasteiger partial charge in [-0.25, -0.2) is 4.79 Å². The molecule has 3 rings (SSSR count). The van der Waals surface area contributed by atoms with E-state index in [2.05, 4.69) is 21.2 Å². The average Bonchev–Trinajstić information content (AvgIpc) is 3.09. The van der Waals surface area contributed by atoms with Crippen LogP contribution < -0.4 is 10.1 Å². The summed E-state index contributed by atoms with van der Waals surface area (Å²) >= 11 is 3.28. The highest BCUT2D eigenvalue weighted by molar-refractivity contribution is 9.10. The summed E-state index contributed by atoms with van der Waals surface area (Å²) in [5.74, 6) is -1.02. The van der Waals surface area contributed by atoms with E-state index >= 15 is 0 Å². The predicted molar refractivity (Wildman–Crippen MR) is 118 cm³/mol. The van der Waals surface area contributed by atoms with Crippen molar-refractivity contribution in [3.63, 3.8) is 0 Å². The summed E-state index contributed by atoms with van der Waals surface area (Å²) in [6.07, 6.45) is 0. The molecule has 1 amide bonds. The topological polar surface area (TPSA) is 131 Å². The number of methoxy groups -OCH3 is 1. The van der Waals surface area contributed by atoms with E-state index in [0.717, 1.165) is 5.56 Å². The Morgan fingerprint density at radius 2 is 2.03 bits per heavy atom. The van der Waals surface area contributed by atoms with Crippen LogP contribution in [0.2, 0.25) is 0 Å². The van der Waals surface area contributed by atoms with Crippen LogP contribution in [0, 0.1) is 10.1 Å². The Balaban J connectivity index is 1.96. The van der Waals surface area contributed by atoms with Crippen LogP contribution in [0.4, 0.5) is 11.4 Å². The number of nitro benzene ring substituents is 1. The molecule has 1 heterocycles. The van der Waals surface area contributed by atoms with E-state index in [1.54, 1.807) is 0 Å². The van der Waals surface area contributed by atoms with Crippen LogP contribution in [0.3, 0.4) is 0 Å². The molecular formula is C21H20BrN3O7. The molecular weight excluding hydrogens is 486 g/mol. The summed E-state index contributed by atoms with van der Waals surface area (Å²) < 4.78 is 10.9. The van der Waals surface area contributed by atoms with E-state index in [1.165, 1.54) is 24.1 Å². The van der Waals surface area contributed by atoms with Gasteiger partial charge in [0.05, 0.1) is 35.2 Å². The molecule has 1 aliphatic heterocycles. The maximum Gasteiger partial charge on any atom is 0.337 e. The molecule has 0 aliphatic carbocycles. The molecule has 0 radical (unpaired) electrons. The van der Waals surface area contributed by atoms with E-state index in [0.29, 0.717) is 10.2 Å². The zero-order chi connectivity index (χ0) is 23.3. The summed E-state index contributed by atoms with van der Waals surface area (Å²) in [6.45, 7) is -0.173. The van der Waals surface area contributed by atoms with Gasteiger partial charge in [-0.2, -0.15) is 0 Å². The van der Waals surface area contributed by atoms with E-state index in [9.17, 15) is 24.8 Å². The first-order valence-corrected chi connectivity index (χ1v) is 10.3. The first kappa shape index (κ1) is 23.2. The number of aliphatic hydroxyl groups is 1. The molecule has 168 valence electrons. The Morgan fingerprint density at radius 3 is 2.66 bits per heavy atom. The average molecular weight is 506 g/mol. The third-order valence-corrected chi connectivity index (χ3v) is 5.32. The maximum atomic E-state index is 12.8. The first-order chi connectivity index (χ1) is 15.3. The highest BCUT2D eigenvalue weighted by Gasteiger charge is 2.35. The Kier molecular flexibility index (Phi) is 7.44. The van der Waals surface area contributed by atoms with Crippen molar-refractivity contribution in [2.45, 2.75) is 6.61 Å². The monoisotopic (exact) mass is 505 g/mol. The number of aliphatic hydroxyl groups excluding tert-OH is 1. The number of halogens is 1. The van der Waals surface area contributed by atoms with Gasteiger partial charge in [-0.15, -0.1) is 0 Å². The lowest BCUT2D eigenvalue weighted by Crippen LogP contribution is -2.31. The molecule has 2 aromatic rings. The largest absolute Gasteiger partial charge is 0.488 e. The molecule has 0 fully saturated rings. The van der Waals surface area contributed by atoms with Crippen molar-refractivity contribution in [2.75, 3.05) is 32.1 Å². The fourth-order valence-electron chi connectivity index (χ4n) is 3.12. The molecule has 0 bridgehead atoms. The van der Waals surface area contributed by atoms with Crippen molar-refractivity contribution >= 4 is 39.2 Å². The van der Waals surface area contributed by atoms with Gasteiger partial charge in [0.2, 0.25) is 0 Å². The lowest BCUT2D eigenvalue weighted by Gasteiger charge is -2.15. The van der Waals surface area contributed by atoms with Gasteiger partial charge in [-0.05, 0) is 21.5 Å². The molecule has 10 nitrogen and oxygen atoms in total. The second-order valence-corrected chi connectivity index (χ2v) is 7.61. The SMILES string of the molecule is COC(=O)C1=C(Nc2cc(OCc3ccccc3)c(Br)cc2[N+](=O)[O-])C(=O)N(CCO)C1. The molecule has 2 aromatic carbocycles. The number of rotatable bonds is 9. The fraction of sp³-hybridized carbons (Fsp3) is 0.238. The van der Waals surface area contributed by atoms with E-state index in [1.807, 2.05) is 30.3 Å². The van der Waals surface area contributed by atoms with Gasteiger partial charge in [0, 0.05) is 18.7 Å². The van der Waals surface area contributed by atoms with Crippen LogP contribution in [0.5, 0.6) is 5.75 Å². The molecule has 0 unspecified atom stereocenters. The van der Waals surface area contributed by atoms with Crippen LogP contribution in [-0.4, -0.2) is 53.6 Å². The van der Waals surface area contributed by atoms with E-state index in [-0.39, 0.29) is 48.9 Å². The Labute approximate surface area is 191 Å². The first-order valence-electron chi connectivity index (χ1n) is 9.49. The number of hydrogen-bond acceptors (Lipinski definition) is 8. The van der Waals surface area contributed by atoms with Crippen LogP contribution in [-0.2, 0) is 20.9 Å². The molecule has 0 atom stereocenters. The molecule has 0 aromatic heterocycles. The zero-order valence-electron chi connectivity index (χ0n) is 17.0. The molecule has 11 heteroatoms. The molecule has 0 spiro atoms. The molecule has 32 heavy (non-hydrogen) atoms. The summed E-state index contributed by atoms with van der Waals surface area (Å²) in [6, 6.07) is 12.0. The van der Waals surface area contributed by atoms with E-state index in [4.69, 9.17) is 9.47 Å². The number of hydrogen-bond donors (Lipinski definition) is 2. The van der Waals surface area contributed by atoms with Gasteiger partial charge in [-0.3, -0.25) is 14.9 Å². The number of anilines is 1. The van der Waals surface area contributed by atoms with Crippen LogP contribution >= 0.6 is 15.9 Å². The minimum absolute atomic E-state index is 0.00161. The molecule has 1 aliphatic rings. The number of amides is 1. The predicted octanol–water partition coefficient (Wildman–Crippen LogP) is 2.61. The van der Waals surface area contributed by atoms with Crippen LogP contribution in [0.1, 0.15) is 5.56 Å². The normalized spacial score (nSPS) is 13.3. The standard InChI is InChI=1S/C21H20BrN3O7/c1-31-21(28)14-11-24(7-8-26)20(27)19(14)23-16-10-18(15(22)9-17(16)25(29)30)32-12-13-5-3-2-4-6-13/h2-6,9-10,23,26H,7-8,11-12H2,1H3. The number of nitro groups is 1. The third-order valence-electron chi connectivity index (χ3n) is 4.70. The minimum Gasteiger partial charge on any atom is -0.488 e. The van der Waals surface area contributed by atoms with Crippen molar-refractivity contribution in [2.24, 2.45) is 0 Å². The van der Waals surface area contributed by atoms with Crippen molar-refractivity contribution < 1.29 is 29.1 Å². The third kappa shape index (κ3) is 5.06. The summed E-state index contributed by atoms with van der Waals surface area (Å²) in [4.78, 5) is 37.2. The Bertz CT molecular complexity index is 1070. The van der Waals surface area contributed by atoms with Crippen molar-refractivity contribution in [1.82, 2.24) is 4.90 Å². The highest BCUT2D eigenvalue weighted by Crippen LogP contribution is 2.38. The summed E-state index contributed by atoms with van der Waals surface area (Å²) in [5.41, 5.74) is 0.402. The molecule has 2 N–H and O–H groups in total. The summed E-state index contributed by atoms with van der Waals surface area (Å²) in [7, 11) is 1.17. The number of nitrogens with zero attached hydrogens (tertiary/aromatic N) is 2. The lowest BCUT2D eigenvalue weighted by atomic mass is 10.2. The number of benzene rings is 2. The zero-order valence-corrected chi connectivity index (χ0v) is 18.6. The van der Waals surface area contributed by atoms with Gasteiger partial charge in [0.15, 0.2) is 0 Å². The number of carbonyl (C=O) groups is 2. The van der Waals surface area contributed by atoms with E-state index < -0.39 is 16.8 Å². The number of carbonyl (C=O) groups excluding carboxylic acids is 2. The summed E-state index contributed by atoms with van der Waals surface area (Å²) in [5, 5.41) is 23.5. The second kappa shape index (κ2) is 10.2. The van der Waals surface area contributed by atoms with Gasteiger partial charge in [0.1, 0.15) is 23.7 Å². The number of nitrogens with one attached hydrogen (secondary N) is 1. The number of ether oxygens (including phenoxy) is 2. The molecule has 0 saturated carbocycles. The quantitative estimate of drug-likeness (QED) is 0.302. The Morgan fingerprint density at radius 1 is 1.31 bits per heavy atom. The lowest BCUT2D eigenvalue weighted by molar-refractivity contribution is -0.384. The van der Waals surface area contributed by atoms with Gasteiger partial charge < -0.3 is 24.8 Å². The minimum atomic E-state index is -0.749. The van der Waals surface area contributed by atoms with Gasteiger partial charge in [0.25, 0.3) is 11.6 Å². The van der Waals surface area contributed by atoms with Crippen molar-refractivity contribution in [1.29, 1.82) is 0 Å². The maximum absolute atomic E-state index is 12.8. The van der Waals surface area contributed by atoms with Crippen molar-refractivity contribution in [3.8, 4) is 5.75 Å². The van der Waals surface area contributed by atoms with Crippen LogP contribution in [0.25, 0.3) is 0 Å². The van der Waals surface area contributed by atoms with Gasteiger partial charge in [-0.1, -0.05) is 30.3 Å². The fourth-order valence-corrected chi connectivity index (χ4v) is 3.57. The highest BCUT2D eigenvalue weighted by atomic mass is 79.9. The smallest absolute Gasteiger partial charge is 0.337 e. The molecule has 0 saturated heterocycles. The van der Waals surface area contributed by atoms with Crippen LogP contribution in [0.15, 0.2) is 58.2 Å². The second-order valence-electron chi connectivity index (χ2n) is 6.75. The van der Waals surface area contributed by atoms with Crippen molar-refractivity contribution in [3.05, 3.63) is 73.9 Å². The van der Waals surface area contributed by atoms with Gasteiger partial charge >= 0.3 is 5.97 Å².